The highest BCUT2D eigenvalue weighted by atomic mass is 19.4. The lowest BCUT2D eigenvalue weighted by Crippen LogP contribution is -2.71. The molecule has 0 radical (unpaired) electrons. The molecule has 2 saturated carbocycles. The van der Waals surface area contributed by atoms with Gasteiger partial charge in [0, 0.05) is 24.9 Å². The van der Waals surface area contributed by atoms with Crippen LogP contribution in [0.15, 0.2) is 0 Å². The van der Waals surface area contributed by atoms with Gasteiger partial charge in [0.1, 0.15) is 18.1 Å². The maximum Gasteiger partial charge on any atom is 0.471 e. The van der Waals surface area contributed by atoms with Crippen molar-refractivity contribution < 1.29 is 41.1 Å². The van der Waals surface area contributed by atoms with Crippen molar-refractivity contribution in [1.29, 1.82) is 5.26 Å². The summed E-state index contributed by atoms with van der Waals surface area (Å²) in [6.45, 7) is 0.405. The second-order valence-corrected chi connectivity index (χ2v) is 10.8. The number of hydrogen-bond acceptors (Lipinski definition) is 5. The minimum absolute atomic E-state index is 0.0504. The molecule has 14 heteroatoms. The Morgan fingerprint density at radius 2 is 1.82 bits per heavy atom. The van der Waals surface area contributed by atoms with E-state index in [-0.39, 0.29) is 37.5 Å². The number of amides is 4. The molecule has 0 aromatic heterocycles. The Morgan fingerprint density at radius 3 is 2.34 bits per heavy atom. The highest BCUT2D eigenvalue weighted by Gasteiger charge is 2.61. The number of nitrogens with one attached hydrogen (secondary N) is 3. The Labute approximate surface area is 215 Å². The Kier molecular flexibility index (Phi) is 7.86. The van der Waals surface area contributed by atoms with Crippen molar-refractivity contribution in [2.24, 2.45) is 17.8 Å². The van der Waals surface area contributed by atoms with Crippen LogP contribution in [0.4, 0.5) is 22.0 Å². The monoisotopic (exact) mass is 547 g/mol. The summed E-state index contributed by atoms with van der Waals surface area (Å²) < 4.78 is 68.9. The SMILES string of the molecule is N#C[C@H](C[C@@H]1CCNC1=O)NC(=O)[C@@H]1[C@@H]2CC[C@@H](CC2(F)F)N1C(=O)[C@@H](CC1CCC1)NC(=O)C(F)(F)F. The fourth-order valence-corrected chi connectivity index (χ4v) is 6.08. The summed E-state index contributed by atoms with van der Waals surface area (Å²) in [6, 6.07) is -3.83. The first-order valence-corrected chi connectivity index (χ1v) is 12.9. The van der Waals surface area contributed by atoms with Crippen molar-refractivity contribution in [3.8, 4) is 6.07 Å². The van der Waals surface area contributed by atoms with Gasteiger partial charge in [0.15, 0.2) is 0 Å². The lowest BCUT2D eigenvalue weighted by Gasteiger charge is -2.54. The summed E-state index contributed by atoms with van der Waals surface area (Å²) in [5, 5.41) is 16.3. The molecule has 9 nitrogen and oxygen atoms in total. The van der Waals surface area contributed by atoms with Crippen LogP contribution in [-0.4, -0.2) is 71.3 Å². The van der Waals surface area contributed by atoms with E-state index in [1.165, 1.54) is 0 Å². The molecule has 5 rings (SSSR count). The van der Waals surface area contributed by atoms with Crippen molar-refractivity contribution in [2.45, 2.75) is 94.1 Å². The zero-order chi connectivity index (χ0) is 27.8. The van der Waals surface area contributed by atoms with Gasteiger partial charge in [-0.15, -0.1) is 0 Å². The molecule has 210 valence electrons. The predicted octanol–water partition coefficient (Wildman–Crippen LogP) is 1.77. The molecule has 6 atom stereocenters. The van der Waals surface area contributed by atoms with Gasteiger partial charge in [0.25, 0.3) is 5.92 Å². The first-order chi connectivity index (χ1) is 17.8. The van der Waals surface area contributed by atoms with Crippen LogP contribution in [-0.2, 0) is 19.2 Å². The number of carbonyl (C=O) groups excluding carboxylic acids is 4. The quantitative estimate of drug-likeness (QED) is 0.399. The van der Waals surface area contributed by atoms with E-state index in [1.54, 1.807) is 5.32 Å². The molecule has 2 aliphatic carbocycles. The molecular weight excluding hydrogens is 517 g/mol. The van der Waals surface area contributed by atoms with Gasteiger partial charge >= 0.3 is 12.1 Å². The van der Waals surface area contributed by atoms with Gasteiger partial charge in [-0.2, -0.15) is 18.4 Å². The number of carbonyl (C=O) groups is 4. The Hall–Kier alpha value is -2.98. The van der Waals surface area contributed by atoms with Crippen LogP contribution < -0.4 is 16.0 Å². The molecule has 0 spiro atoms. The van der Waals surface area contributed by atoms with Crippen LogP contribution in [0.5, 0.6) is 0 Å². The van der Waals surface area contributed by atoms with E-state index in [0.717, 1.165) is 11.3 Å². The number of alkyl halides is 5. The number of hydrogen-bond donors (Lipinski definition) is 3. The number of piperidine rings is 2. The second-order valence-electron chi connectivity index (χ2n) is 10.8. The van der Waals surface area contributed by atoms with Gasteiger partial charge in [-0.05, 0) is 38.0 Å². The van der Waals surface area contributed by atoms with Crippen molar-refractivity contribution in [3.63, 3.8) is 0 Å². The summed E-state index contributed by atoms with van der Waals surface area (Å²) in [7, 11) is 0. The maximum atomic E-state index is 14.9. The summed E-state index contributed by atoms with van der Waals surface area (Å²) in [5.74, 6) is -10.2. The van der Waals surface area contributed by atoms with Crippen molar-refractivity contribution in [3.05, 3.63) is 0 Å². The van der Waals surface area contributed by atoms with Gasteiger partial charge in [0.2, 0.25) is 17.7 Å². The van der Waals surface area contributed by atoms with E-state index in [4.69, 9.17) is 0 Å². The van der Waals surface area contributed by atoms with Gasteiger partial charge in [0.05, 0.1) is 12.0 Å². The van der Waals surface area contributed by atoms with Crippen LogP contribution in [0.2, 0.25) is 0 Å². The standard InChI is InChI=1S/C24H30F5N5O4/c25-23(26)10-15-4-5-16(23)18(20(36)32-14(11-30)9-13-6-7-31-19(13)35)34(15)21(37)17(8-12-2-1-3-12)33-22(38)24(27,28)29/h12-18H,1-10H2,(H,31,35)(H,32,36)(H,33,38)/t13-,14-,15-,16-,17+,18-/m0/s1. The number of halogens is 5. The molecule has 3 aliphatic heterocycles. The molecule has 0 aromatic rings. The first kappa shape index (κ1) is 28.0. The maximum absolute atomic E-state index is 14.9. The van der Waals surface area contributed by atoms with Crippen molar-refractivity contribution in [2.75, 3.05) is 6.54 Å². The zero-order valence-electron chi connectivity index (χ0n) is 20.5. The van der Waals surface area contributed by atoms with E-state index in [1.807, 2.05) is 6.07 Å². The molecule has 3 heterocycles. The third-order valence-corrected chi connectivity index (χ3v) is 8.27. The summed E-state index contributed by atoms with van der Waals surface area (Å²) in [6.07, 6.45) is -3.56. The number of fused-ring (bicyclic) bond motifs is 3. The molecule has 3 saturated heterocycles. The van der Waals surface area contributed by atoms with Crippen molar-refractivity contribution >= 4 is 23.6 Å². The molecule has 0 unspecified atom stereocenters. The van der Waals surface area contributed by atoms with Crippen LogP contribution in [0.3, 0.4) is 0 Å². The van der Waals surface area contributed by atoms with Gasteiger partial charge in [-0.1, -0.05) is 19.3 Å². The number of nitrogens with zero attached hydrogens (tertiary/aromatic N) is 2. The van der Waals surface area contributed by atoms with Crippen molar-refractivity contribution in [1.82, 2.24) is 20.9 Å². The van der Waals surface area contributed by atoms with Crippen LogP contribution in [0.25, 0.3) is 0 Å². The Balaban J connectivity index is 1.58. The summed E-state index contributed by atoms with van der Waals surface area (Å²) >= 11 is 0. The Morgan fingerprint density at radius 1 is 1.11 bits per heavy atom. The number of nitriles is 1. The molecule has 38 heavy (non-hydrogen) atoms. The lowest BCUT2D eigenvalue weighted by molar-refractivity contribution is -0.196. The normalized spacial score (nSPS) is 30.0. The van der Waals surface area contributed by atoms with Gasteiger partial charge in [-0.3, -0.25) is 19.2 Å². The van der Waals surface area contributed by atoms with Gasteiger partial charge < -0.3 is 20.9 Å². The lowest BCUT2D eigenvalue weighted by atomic mass is 9.71. The average Bonchev–Trinajstić information content (AvgIpc) is 3.21. The minimum Gasteiger partial charge on any atom is -0.356 e. The van der Waals surface area contributed by atoms with E-state index in [0.29, 0.717) is 25.8 Å². The largest absolute Gasteiger partial charge is 0.471 e. The topological polar surface area (TPSA) is 131 Å². The molecule has 4 amide bonds. The van der Waals surface area contributed by atoms with Crippen LogP contribution in [0, 0.1) is 29.1 Å². The molecule has 3 N–H and O–H groups in total. The Bertz CT molecular complexity index is 1010. The second kappa shape index (κ2) is 10.6. The van der Waals surface area contributed by atoms with E-state index in [2.05, 4.69) is 10.6 Å². The fraction of sp³-hybridized carbons (Fsp3) is 0.792. The third-order valence-electron chi connectivity index (χ3n) is 8.27. The van der Waals surface area contributed by atoms with Crippen LogP contribution in [0.1, 0.15) is 57.8 Å². The first-order valence-electron chi connectivity index (χ1n) is 12.9. The average molecular weight is 548 g/mol. The highest BCUT2D eigenvalue weighted by molar-refractivity contribution is 5.94. The summed E-state index contributed by atoms with van der Waals surface area (Å²) in [5.41, 5.74) is 0. The zero-order valence-corrected chi connectivity index (χ0v) is 20.5. The molecule has 5 aliphatic rings. The van der Waals surface area contributed by atoms with Crippen LogP contribution >= 0.6 is 0 Å². The fourth-order valence-electron chi connectivity index (χ4n) is 6.08. The van der Waals surface area contributed by atoms with E-state index in [9.17, 15) is 46.4 Å². The van der Waals surface area contributed by atoms with E-state index < -0.39 is 72.2 Å². The predicted molar refractivity (Wildman–Crippen MR) is 120 cm³/mol. The highest BCUT2D eigenvalue weighted by Crippen LogP contribution is 2.49. The smallest absolute Gasteiger partial charge is 0.356 e. The minimum atomic E-state index is -5.25. The molecule has 2 bridgehead atoms. The molecule has 0 aromatic carbocycles. The van der Waals surface area contributed by atoms with E-state index >= 15 is 0 Å². The summed E-state index contributed by atoms with van der Waals surface area (Å²) in [4.78, 5) is 51.5. The molecular formula is C24H30F5N5O4. The van der Waals surface area contributed by atoms with Gasteiger partial charge in [-0.25, -0.2) is 8.78 Å². The molecule has 5 fully saturated rings. The third kappa shape index (κ3) is 5.71. The number of rotatable bonds is 8.